The molecule has 3 N–H and O–H groups in total. The van der Waals surface area contributed by atoms with E-state index in [-0.39, 0.29) is 10.7 Å². The van der Waals surface area contributed by atoms with Crippen molar-refractivity contribution in [1.29, 1.82) is 0 Å². The third-order valence-corrected chi connectivity index (χ3v) is 5.99. The normalized spacial score (nSPS) is 11.7. The summed E-state index contributed by atoms with van der Waals surface area (Å²) < 4.78 is 32.3. The fourth-order valence-corrected chi connectivity index (χ4v) is 3.98. The van der Waals surface area contributed by atoms with Crippen LogP contribution in [0.2, 0.25) is 0 Å². The van der Waals surface area contributed by atoms with Gasteiger partial charge in [0.25, 0.3) is 10.0 Å². The maximum Gasteiger partial charge on any atom is 0.261 e. The lowest BCUT2D eigenvalue weighted by atomic mass is 10.1. The Balaban J connectivity index is 0.000000252. The van der Waals surface area contributed by atoms with Crippen LogP contribution >= 0.6 is 0 Å². The van der Waals surface area contributed by atoms with E-state index in [9.17, 15) is 18.0 Å². The molecule has 7 nitrogen and oxygen atoms in total. The molecule has 4 rings (SSSR count). The molecule has 0 aromatic heterocycles. The standard InChI is InChI=1S/C14H14N2O3S.C9H8O2.C2H6/c15-12-2-5-14(6-3-12)20(17,18)16-13-4-1-10-8-19-9-11(10)7-13;1-7(11)9-4-2-3-8(5-9)6-10;1-2/h1-7,16H,8-9,15H2;2-6H,1H3;1-2H3. The van der Waals surface area contributed by atoms with Gasteiger partial charge >= 0.3 is 0 Å². The average Bonchev–Trinajstić information content (AvgIpc) is 3.29. The van der Waals surface area contributed by atoms with E-state index in [2.05, 4.69) is 4.72 Å². The molecule has 0 unspecified atom stereocenters. The number of fused-ring (bicyclic) bond motifs is 1. The molecule has 3 aromatic rings. The Kier molecular flexibility index (Phi) is 9.32. The molecule has 174 valence electrons. The second-order valence-electron chi connectivity index (χ2n) is 6.95. The Morgan fingerprint density at radius 3 is 2.27 bits per heavy atom. The van der Waals surface area contributed by atoms with Crippen LogP contribution in [0, 0.1) is 0 Å². The number of ketones is 1. The predicted octanol–water partition coefficient (Wildman–Crippen LogP) is 4.83. The number of carbonyl (C=O) groups is 2. The average molecular weight is 469 g/mol. The quantitative estimate of drug-likeness (QED) is 0.315. The van der Waals surface area contributed by atoms with E-state index in [1.54, 1.807) is 48.5 Å². The molecule has 1 aliphatic heterocycles. The number of nitrogens with one attached hydrogen (secondary N) is 1. The molecule has 1 aliphatic rings. The van der Waals surface area contributed by atoms with Crippen LogP contribution in [0.1, 0.15) is 52.6 Å². The van der Waals surface area contributed by atoms with Gasteiger partial charge in [-0.2, -0.15) is 0 Å². The van der Waals surface area contributed by atoms with E-state index in [4.69, 9.17) is 10.5 Å². The van der Waals surface area contributed by atoms with Gasteiger partial charge in [0.05, 0.1) is 18.1 Å². The summed E-state index contributed by atoms with van der Waals surface area (Å²) in [7, 11) is -3.59. The maximum absolute atomic E-state index is 12.2. The van der Waals surface area contributed by atoms with E-state index >= 15 is 0 Å². The van der Waals surface area contributed by atoms with Crippen molar-refractivity contribution in [3.8, 4) is 0 Å². The number of anilines is 2. The first-order valence-electron chi connectivity index (χ1n) is 10.4. The Morgan fingerprint density at radius 1 is 0.970 bits per heavy atom. The molecule has 3 aromatic carbocycles. The smallest absolute Gasteiger partial charge is 0.261 e. The monoisotopic (exact) mass is 468 g/mol. The van der Waals surface area contributed by atoms with Crippen LogP contribution in [0.15, 0.2) is 71.6 Å². The van der Waals surface area contributed by atoms with Crippen LogP contribution in [-0.2, 0) is 28.0 Å². The van der Waals surface area contributed by atoms with Crippen LogP contribution in [0.3, 0.4) is 0 Å². The number of nitrogen functional groups attached to an aromatic ring is 1. The van der Waals surface area contributed by atoms with Crippen LogP contribution in [0.5, 0.6) is 0 Å². The first-order chi connectivity index (χ1) is 15.8. The number of aldehydes is 1. The minimum atomic E-state index is -3.59. The van der Waals surface area contributed by atoms with E-state index in [0.717, 1.165) is 17.4 Å². The van der Waals surface area contributed by atoms with Gasteiger partial charge in [-0.1, -0.05) is 38.1 Å². The summed E-state index contributed by atoms with van der Waals surface area (Å²) in [5.74, 6) is -0.0197. The van der Waals surface area contributed by atoms with Gasteiger partial charge in [-0.15, -0.1) is 0 Å². The van der Waals surface area contributed by atoms with Crippen LogP contribution in [0.4, 0.5) is 11.4 Å². The summed E-state index contributed by atoms with van der Waals surface area (Å²) in [5, 5.41) is 0. The number of rotatable bonds is 5. The molecule has 0 spiro atoms. The number of hydrogen-bond donors (Lipinski definition) is 2. The highest BCUT2D eigenvalue weighted by Gasteiger charge is 2.16. The summed E-state index contributed by atoms with van der Waals surface area (Å²) in [6, 6.07) is 18.1. The minimum absolute atomic E-state index is 0.0197. The molecule has 0 aliphatic carbocycles. The maximum atomic E-state index is 12.2. The van der Waals surface area contributed by atoms with Gasteiger partial charge in [0.2, 0.25) is 0 Å². The van der Waals surface area contributed by atoms with Gasteiger partial charge in [0, 0.05) is 22.5 Å². The molecule has 8 heteroatoms. The Bertz CT molecular complexity index is 1210. The summed E-state index contributed by atoms with van der Waals surface area (Å²) in [5.41, 5.74) is 9.85. The van der Waals surface area contributed by atoms with Crippen LogP contribution in [0.25, 0.3) is 0 Å². The fraction of sp³-hybridized carbons (Fsp3) is 0.200. The number of nitrogens with two attached hydrogens (primary N) is 1. The molecular formula is C25H28N2O5S. The highest BCUT2D eigenvalue weighted by molar-refractivity contribution is 7.92. The largest absolute Gasteiger partial charge is 0.399 e. The number of benzene rings is 3. The van der Waals surface area contributed by atoms with Crippen molar-refractivity contribution in [2.75, 3.05) is 10.5 Å². The second-order valence-corrected chi connectivity index (χ2v) is 8.63. The summed E-state index contributed by atoms with van der Waals surface area (Å²) >= 11 is 0. The number of ether oxygens (including phenoxy) is 1. The van der Waals surface area contributed by atoms with Crippen molar-refractivity contribution in [1.82, 2.24) is 0 Å². The zero-order chi connectivity index (χ0) is 24.4. The summed E-state index contributed by atoms with van der Waals surface area (Å²) in [6.45, 7) is 6.58. The number of Topliss-reactive ketones (excluding diaryl/α,β-unsaturated/α-hetero) is 1. The summed E-state index contributed by atoms with van der Waals surface area (Å²) in [6.07, 6.45) is 0.729. The van der Waals surface area contributed by atoms with E-state index in [0.29, 0.717) is 35.7 Å². The number of sulfonamides is 1. The van der Waals surface area contributed by atoms with Crippen LogP contribution in [-0.4, -0.2) is 20.5 Å². The lowest BCUT2D eigenvalue weighted by Crippen LogP contribution is -2.13. The predicted molar refractivity (Wildman–Crippen MR) is 130 cm³/mol. The minimum Gasteiger partial charge on any atom is -0.399 e. The van der Waals surface area contributed by atoms with Crippen LogP contribution < -0.4 is 10.5 Å². The van der Waals surface area contributed by atoms with Crippen molar-refractivity contribution in [3.05, 3.63) is 89.0 Å². The SMILES string of the molecule is CC.CC(=O)c1cccc(C=O)c1.Nc1ccc(S(=O)(=O)Nc2ccc3c(c2)COC3)cc1. The first kappa shape index (κ1) is 25.8. The highest BCUT2D eigenvalue weighted by atomic mass is 32.2. The van der Waals surface area contributed by atoms with Crippen molar-refractivity contribution >= 4 is 33.5 Å². The van der Waals surface area contributed by atoms with Gasteiger partial charge in [-0.25, -0.2) is 8.42 Å². The zero-order valence-electron chi connectivity index (χ0n) is 18.9. The van der Waals surface area contributed by atoms with Gasteiger partial charge in [0.15, 0.2) is 5.78 Å². The Labute approximate surface area is 194 Å². The van der Waals surface area contributed by atoms with Crippen molar-refractivity contribution in [2.24, 2.45) is 0 Å². The molecule has 0 atom stereocenters. The molecule has 0 saturated carbocycles. The molecule has 0 bridgehead atoms. The van der Waals surface area contributed by atoms with Crippen molar-refractivity contribution in [3.63, 3.8) is 0 Å². The molecule has 33 heavy (non-hydrogen) atoms. The fourth-order valence-electron chi connectivity index (χ4n) is 2.93. The summed E-state index contributed by atoms with van der Waals surface area (Å²) in [4.78, 5) is 21.3. The first-order valence-corrected chi connectivity index (χ1v) is 11.9. The van der Waals surface area contributed by atoms with Gasteiger partial charge in [-0.3, -0.25) is 14.3 Å². The number of hydrogen-bond acceptors (Lipinski definition) is 6. The third-order valence-electron chi connectivity index (χ3n) is 4.59. The van der Waals surface area contributed by atoms with Crippen molar-refractivity contribution in [2.45, 2.75) is 38.9 Å². The zero-order valence-corrected chi connectivity index (χ0v) is 19.7. The van der Waals surface area contributed by atoms with Gasteiger partial charge in [0.1, 0.15) is 6.29 Å². The Morgan fingerprint density at radius 2 is 1.64 bits per heavy atom. The molecule has 0 fully saturated rings. The highest BCUT2D eigenvalue weighted by Crippen LogP contribution is 2.25. The van der Waals surface area contributed by atoms with E-state index in [1.807, 2.05) is 19.9 Å². The van der Waals surface area contributed by atoms with Gasteiger partial charge < -0.3 is 10.5 Å². The number of carbonyl (C=O) groups excluding carboxylic acids is 2. The molecule has 1 heterocycles. The van der Waals surface area contributed by atoms with Gasteiger partial charge in [-0.05, 0) is 60.5 Å². The lowest BCUT2D eigenvalue weighted by molar-refractivity contribution is 0.101. The topological polar surface area (TPSA) is 116 Å². The molecule has 0 radical (unpaired) electrons. The molecular weight excluding hydrogens is 440 g/mol. The van der Waals surface area contributed by atoms with Crippen molar-refractivity contribution < 1.29 is 22.7 Å². The van der Waals surface area contributed by atoms with E-state index in [1.165, 1.54) is 19.1 Å². The Hall–Kier alpha value is -3.49. The second kappa shape index (κ2) is 11.9. The van der Waals surface area contributed by atoms with E-state index < -0.39 is 10.0 Å². The lowest BCUT2D eigenvalue weighted by Gasteiger charge is -2.09. The molecule has 0 amide bonds. The third kappa shape index (κ3) is 7.27. The molecule has 0 saturated heterocycles.